The topological polar surface area (TPSA) is 76.1 Å². The summed E-state index contributed by atoms with van der Waals surface area (Å²) in [7, 11) is 0. The van der Waals surface area contributed by atoms with Gasteiger partial charge in [0.2, 0.25) is 0 Å². The number of carbonyl (C=O) groups is 1. The number of ether oxygens (including phenoxy) is 1. The van der Waals surface area contributed by atoms with Crippen molar-refractivity contribution in [1.82, 2.24) is 9.78 Å². The molecule has 3 rings (SSSR count). The highest BCUT2D eigenvalue weighted by molar-refractivity contribution is 5.84. The molecule has 0 fully saturated rings. The molecular formula is C17H15N3O3. The van der Waals surface area contributed by atoms with Gasteiger partial charge in [-0.15, -0.1) is 0 Å². The molecule has 0 spiro atoms. The van der Waals surface area contributed by atoms with E-state index in [1.54, 1.807) is 12.1 Å². The third kappa shape index (κ3) is 3.49. The Morgan fingerprint density at radius 2 is 1.70 bits per heavy atom. The van der Waals surface area contributed by atoms with Crippen LogP contribution in [0.4, 0.5) is 10.5 Å². The van der Waals surface area contributed by atoms with Crippen molar-refractivity contribution in [3.63, 3.8) is 0 Å². The molecule has 0 aliphatic carbocycles. The van der Waals surface area contributed by atoms with Gasteiger partial charge in [-0.05, 0) is 17.7 Å². The summed E-state index contributed by atoms with van der Waals surface area (Å²) in [6, 6.07) is 18.4. The fourth-order valence-corrected chi connectivity index (χ4v) is 2.10. The SMILES string of the molecule is O=C(Nc1c[nH]n(-c2ccccc2)c1=O)OCc1ccccc1. The molecule has 23 heavy (non-hydrogen) atoms. The average molecular weight is 309 g/mol. The van der Waals surface area contributed by atoms with Crippen LogP contribution in [0.5, 0.6) is 0 Å². The molecule has 0 unspecified atom stereocenters. The molecule has 0 saturated heterocycles. The van der Waals surface area contributed by atoms with Crippen molar-refractivity contribution >= 4 is 11.8 Å². The van der Waals surface area contributed by atoms with Crippen LogP contribution in [0.15, 0.2) is 71.7 Å². The molecule has 116 valence electrons. The molecule has 0 radical (unpaired) electrons. The molecule has 0 bridgehead atoms. The Bertz CT molecular complexity index is 838. The highest BCUT2D eigenvalue weighted by atomic mass is 16.5. The second kappa shape index (κ2) is 6.65. The summed E-state index contributed by atoms with van der Waals surface area (Å²) >= 11 is 0. The highest BCUT2D eigenvalue weighted by Gasteiger charge is 2.11. The van der Waals surface area contributed by atoms with Crippen molar-refractivity contribution in [2.24, 2.45) is 0 Å². The number of hydrogen-bond donors (Lipinski definition) is 2. The number of amides is 1. The summed E-state index contributed by atoms with van der Waals surface area (Å²) in [6.07, 6.45) is 0.754. The number of rotatable bonds is 4. The lowest BCUT2D eigenvalue weighted by molar-refractivity contribution is 0.155. The van der Waals surface area contributed by atoms with E-state index < -0.39 is 6.09 Å². The Morgan fingerprint density at radius 3 is 2.39 bits per heavy atom. The lowest BCUT2D eigenvalue weighted by Crippen LogP contribution is -2.21. The summed E-state index contributed by atoms with van der Waals surface area (Å²) in [4.78, 5) is 24.0. The first kappa shape index (κ1) is 14.6. The van der Waals surface area contributed by atoms with Gasteiger partial charge in [0.25, 0.3) is 5.56 Å². The number of carbonyl (C=O) groups excluding carboxylic acids is 1. The molecule has 6 nitrogen and oxygen atoms in total. The molecule has 1 aromatic heterocycles. The van der Waals surface area contributed by atoms with Gasteiger partial charge in [-0.1, -0.05) is 48.5 Å². The summed E-state index contributed by atoms with van der Waals surface area (Å²) in [6.45, 7) is 0.143. The van der Waals surface area contributed by atoms with Crippen LogP contribution in [0, 0.1) is 0 Å². The van der Waals surface area contributed by atoms with Gasteiger partial charge in [0.05, 0.1) is 5.69 Å². The van der Waals surface area contributed by atoms with Crippen molar-refractivity contribution in [2.45, 2.75) is 6.61 Å². The lowest BCUT2D eigenvalue weighted by atomic mass is 10.2. The second-order valence-corrected chi connectivity index (χ2v) is 4.85. The van der Waals surface area contributed by atoms with E-state index in [0.717, 1.165) is 5.56 Å². The maximum absolute atomic E-state index is 12.2. The van der Waals surface area contributed by atoms with Crippen LogP contribution >= 0.6 is 0 Å². The number of nitrogens with zero attached hydrogens (tertiary/aromatic N) is 1. The van der Waals surface area contributed by atoms with Gasteiger partial charge in [0.15, 0.2) is 0 Å². The van der Waals surface area contributed by atoms with Crippen molar-refractivity contribution in [2.75, 3.05) is 5.32 Å². The van der Waals surface area contributed by atoms with Gasteiger partial charge in [0.1, 0.15) is 12.3 Å². The number of anilines is 1. The van der Waals surface area contributed by atoms with Crippen LogP contribution in [0.25, 0.3) is 5.69 Å². The van der Waals surface area contributed by atoms with Gasteiger partial charge < -0.3 is 4.74 Å². The van der Waals surface area contributed by atoms with E-state index in [9.17, 15) is 9.59 Å². The van der Waals surface area contributed by atoms with E-state index >= 15 is 0 Å². The van der Waals surface area contributed by atoms with E-state index in [0.29, 0.717) is 5.69 Å². The molecule has 0 aliphatic rings. The predicted octanol–water partition coefficient (Wildman–Crippen LogP) is 2.91. The smallest absolute Gasteiger partial charge is 0.412 e. The number of para-hydroxylation sites is 1. The molecule has 1 heterocycles. The predicted molar refractivity (Wildman–Crippen MR) is 86.6 cm³/mol. The molecule has 2 N–H and O–H groups in total. The van der Waals surface area contributed by atoms with Crippen LogP contribution in [-0.4, -0.2) is 15.9 Å². The van der Waals surface area contributed by atoms with E-state index in [4.69, 9.17) is 4.74 Å². The van der Waals surface area contributed by atoms with Crippen molar-refractivity contribution in [3.8, 4) is 5.69 Å². The molecular weight excluding hydrogens is 294 g/mol. The molecule has 2 aromatic carbocycles. The Kier molecular flexibility index (Phi) is 4.24. The van der Waals surface area contributed by atoms with Crippen molar-refractivity contribution in [3.05, 3.63) is 82.8 Å². The maximum atomic E-state index is 12.2. The van der Waals surface area contributed by atoms with Gasteiger partial charge >= 0.3 is 6.09 Å². The Hall–Kier alpha value is -3.28. The molecule has 6 heteroatoms. The fourth-order valence-electron chi connectivity index (χ4n) is 2.10. The largest absolute Gasteiger partial charge is 0.444 e. The summed E-state index contributed by atoms with van der Waals surface area (Å²) in [5.74, 6) is 0. The first-order valence-electron chi connectivity index (χ1n) is 7.07. The minimum absolute atomic E-state index is 0.131. The van der Waals surface area contributed by atoms with Crippen LogP contribution in [0.1, 0.15) is 5.56 Å². The Morgan fingerprint density at radius 1 is 1.04 bits per heavy atom. The number of aromatic nitrogens is 2. The van der Waals surface area contributed by atoms with Crippen LogP contribution in [0.2, 0.25) is 0 Å². The minimum atomic E-state index is -0.676. The number of hydrogen-bond acceptors (Lipinski definition) is 3. The van der Waals surface area contributed by atoms with Gasteiger partial charge in [-0.3, -0.25) is 15.2 Å². The number of H-pyrrole nitrogens is 1. The van der Waals surface area contributed by atoms with E-state index in [2.05, 4.69) is 10.4 Å². The third-order valence-corrected chi connectivity index (χ3v) is 3.24. The summed E-state index contributed by atoms with van der Waals surface area (Å²) in [5, 5.41) is 5.25. The lowest BCUT2D eigenvalue weighted by Gasteiger charge is -2.04. The monoisotopic (exact) mass is 309 g/mol. The van der Waals surface area contributed by atoms with Crippen LogP contribution in [-0.2, 0) is 11.3 Å². The number of benzene rings is 2. The third-order valence-electron chi connectivity index (χ3n) is 3.24. The van der Waals surface area contributed by atoms with E-state index in [1.165, 1.54) is 10.9 Å². The second-order valence-electron chi connectivity index (χ2n) is 4.85. The normalized spacial score (nSPS) is 10.3. The zero-order valence-electron chi connectivity index (χ0n) is 12.2. The molecule has 0 saturated carbocycles. The van der Waals surface area contributed by atoms with Gasteiger partial charge in [0, 0.05) is 6.20 Å². The molecule has 1 amide bonds. The van der Waals surface area contributed by atoms with E-state index in [-0.39, 0.29) is 17.9 Å². The Balaban J connectivity index is 1.66. The first-order chi connectivity index (χ1) is 11.2. The maximum Gasteiger partial charge on any atom is 0.412 e. The molecule has 0 aliphatic heterocycles. The number of nitrogens with one attached hydrogen (secondary N) is 2. The van der Waals surface area contributed by atoms with Gasteiger partial charge in [-0.2, -0.15) is 0 Å². The Labute approximate surface area is 132 Å². The van der Waals surface area contributed by atoms with Crippen LogP contribution in [0.3, 0.4) is 0 Å². The highest BCUT2D eigenvalue weighted by Crippen LogP contribution is 2.07. The van der Waals surface area contributed by atoms with Crippen molar-refractivity contribution in [1.29, 1.82) is 0 Å². The zero-order valence-corrected chi connectivity index (χ0v) is 12.2. The first-order valence-corrected chi connectivity index (χ1v) is 7.07. The quantitative estimate of drug-likeness (QED) is 0.778. The minimum Gasteiger partial charge on any atom is -0.444 e. The van der Waals surface area contributed by atoms with Gasteiger partial charge in [-0.25, -0.2) is 9.48 Å². The number of aromatic amines is 1. The fraction of sp³-hybridized carbons (Fsp3) is 0.0588. The summed E-state index contributed by atoms with van der Waals surface area (Å²) < 4.78 is 6.43. The van der Waals surface area contributed by atoms with Crippen LogP contribution < -0.4 is 10.9 Å². The van der Waals surface area contributed by atoms with Crippen molar-refractivity contribution < 1.29 is 9.53 Å². The van der Waals surface area contributed by atoms with E-state index in [1.807, 2.05) is 48.5 Å². The zero-order chi connectivity index (χ0) is 16.1. The molecule has 0 atom stereocenters. The summed E-state index contributed by atoms with van der Waals surface area (Å²) in [5.41, 5.74) is 1.33. The average Bonchev–Trinajstić information content (AvgIpc) is 2.95. The standard InChI is InChI=1S/C17H15N3O3/c21-16-15(11-18-20(16)14-9-5-2-6-10-14)19-17(22)23-12-13-7-3-1-4-8-13/h1-11,18H,12H2,(H,19,22). The molecule has 3 aromatic rings.